The van der Waals surface area contributed by atoms with E-state index in [9.17, 15) is 9.59 Å². The molecule has 130 valence electrons. The van der Waals surface area contributed by atoms with Crippen molar-refractivity contribution in [3.05, 3.63) is 29.6 Å². The lowest BCUT2D eigenvalue weighted by atomic mass is 9.98. The zero-order chi connectivity index (χ0) is 17.3. The van der Waals surface area contributed by atoms with Crippen LogP contribution in [0, 0.1) is 0 Å². The Balaban J connectivity index is 1.60. The molecule has 0 bridgehead atoms. The predicted molar refractivity (Wildman–Crippen MR) is 89.8 cm³/mol. The Bertz CT molecular complexity index is 631. The second-order valence-corrected chi connectivity index (χ2v) is 7.46. The summed E-state index contributed by atoms with van der Waals surface area (Å²) in [5.41, 5.74) is 1.13. The molecule has 2 aliphatic heterocycles. The van der Waals surface area contributed by atoms with Crippen molar-refractivity contribution in [2.24, 2.45) is 0 Å². The summed E-state index contributed by atoms with van der Waals surface area (Å²) in [5.74, 6) is 0.0209. The van der Waals surface area contributed by atoms with E-state index in [-0.39, 0.29) is 18.0 Å². The van der Waals surface area contributed by atoms with E-state index in [2.05, 4.69) is 4.98 Å². The van der Waals surface area contributed by atoms with Gasteiger partial charge in [0.2, 0.25) is 0 Å². The molecule has 3 heterocycles. The van der Waals surface area contributed by atoms with Crippen molar-refractivity contribution < 1.29 is 14.3 Å². The fourth-order valence-electron chi connectivity index (χ4n) is 3.35. The van der Waals surface area contributed by atoms with Crippen LogP contribution >= 0.6 is 0 Å². The van der Waals surface area contributed by atoms with Crippen molar-refractivity contribution in [3.63, 3.8) is 0 Å². The summed E-state index contributed by atoms with van der Waals surface area (Å²) in [6.45, 7) is 7.59. The quantitative estimate of drug-likeness (QED) is 0.793. The zero-order valence-electron chi connectivity index (χ0n) is 14.6. The molecule has 6 nitrogen and oxygen atoms in total. The van der Waals surface area contributed by atoms with Gasteiger partial charge in [0, 0.05) is 31.9 Å². The molecule has 0 aromatic carbocycles. The van der Waals surface area contributed by atoms with Gasteiger partial charge in [-0.3, -0.25) is 9.78 Å². The lowest BCUT2D eigenvalue weighted by Gasteiger charge is -2.40. The topological polar surface area (TPSA) is 62.7 Å². The number of carbonyl (C=O) groups excluding carboxylic acids is 2. The molecule has 0 radical (unpaired) electrons. The first-order valence-corrected chi connectivity index (χ1v) is 8.58. The Morgan fingerprint density at radius 3 is 2.62 bits per heavy atom. The van der Waals surface area contributed by atoms with Crippen molar-refractivity contribution in [3.8, 4) is 0 Å². The standard InChI is InChI=1S/C18H25N3O3/c1-18(2,3)24-17(23)20-10-7-14(8-11-20)21-12-6-13-5-4-9-19-15(13)16(21)22/h4-5,9,14H,6-8,10-12H2,1-3H3. The molecule has 2 amide bonds. The van der Waals surface area contributed by atoms with Gasteiger partial charge >= 0.3 is 6.09 Å². The number of nitrogens with zero attached hydrogens (tertiary/aromatic N) is 3. The normalized spacial score (nSPS) is 19.2. The summed E-state index contributed by atoms with van der Waals surface area (Å²) in [5, 5.41) is 0. The molecule has 0 atom stereocenters. The predicted octanol–water partition coefficient (Wildman–Crippen LogP) is 2.48. The minimum Gasteiger partial charge on any atom is -0.444 e. The van der Waals surface area contributed by atoms with Crippen molar-refractivity contribution in [2.45, 2.75) is 51.7 Å². The van der Waals surface area contributed by atoms with Crippen LogP contribution in [0.3, 0.4) is 0 Å². The third kappa shape index (κ3) is 3.52. The lowest BCUT2D eigenvalue weighted by Crippen LogP contribution is -2.51. The number of likely N-dealkylation sites (tertiary alicyclic amines) is 1. The maximum absolute atomic E-state index is 12.7. The minimum atomic E-state index is -0.480. The average molecular weight is 331 g/mol. The lowest BCUT2D eigenvalue weighted by molar-refractivity contribution is 0.0143. The van der Waals surface area contributed by atoms with Crippen LogP contribution in [-0.4, -0.2) is 58.1 Å². The Hall–Kier alpha value is -2.11. The first-order valence-electron chi connectivity index (χ1n) is 8.58. The van der Waals surface area contributed by atoms with Crippen molar-refractivity contribution in [2.75, 3.05) is 19.6 Å². The van der Waals surface area contributed by atoms with E-state index in [4.69, 9.17) is 4.74 Å². The maximum atomic E-state index is 12.7. The molecule has 1 aromatic rings. The Morgan fingerprint density at radius 2 is 1.96 bits per heavy atom. The fourth-order valence-corrected chi connectivity index (χ4v) is 3.35. The molecule has 0 unspecified atom stereocenters. The number of ether oxygens (including phenoxy) is 1. The van der Waals surface area contributed by atoms with E-state index in [0.29, 0.717) is 18.8 Å². The Morgan fingerprint density at radius 1 is 1.25 bits per heavy atom. The molecule has 0 saturated carbocycles. The number of hydrogen-bond donors (Lipinski definition) is 0. The number of aromatic nitrogens is 1. The number of pyridine rings is 1. The zero-order valence-corrected chi connectivity index (χ0v) is 14.6. The summed E-state index contributed by atoms with van der Waals surface area (Å²) in [6, 6.07) is 4.02. The fraction of sp³-hybridized carbons (Fsp3) is 0.611. The van der Waals surface area contributed by atoms with Crippen LogP contribution in [0.25, 0.3) is 0 Å². The number of carbonyl (C=O) groups is 2. The van der Waals surface area contributed by atoms with Gasteiger partial charge in [-0.25, -0.2) is 4.79 Å². The van der Waals surface area contributed by atoms with Gasteiger partial charge < -0.3 is 14.5 Å². The van der Waals surface area contributed by atoms with Crippen molar-refractivity contribution in [1.29, 1.82) is 0 Å². The Labute approximate surface area is 142 Å². The summed E-state index contributed by atoms with van der Waals surface area (Å²) in [4.78, 5) is 32.7. The highest BCUT2D eigenvalue weighted by molar-refractivity contribution is 5.95. The van der Waals surface area contributed by atoms with E-state index in [1.54, 1.807) is 11.1 Å². The molecule has 24 heavy (non-hydrogen) atoms. The number of hydrogen-bond acceptors (Lipinski definition) is 4. The van der Waals surface area contributed by atoms with Crippen LogP contribution < -0.4 is 0 Å². The summed E-state index contributed by atoms with van der Waals surface area (Å²) < 4.78 is 5.42. The van der Waals surface area contributed by atoms with Crippen LogP contribution in [0.4, 0.5) is 4.79 Å². The maximum Gasteiger partial charge on any atom is 0.410 e. The number of fused-ring (bicyclic) bond motifs is 1. The molecule has 1 aromatic heterocycles. The largest absolute Gasteiger partial charge is 0.444 e. The highest BCUT2D eigenvalue weighted by Gasteiger charge is 2.34. The summed E-state index contributed by atoms with van der Waals surface area (Å²) in [6.07, 6.45) is 3.82. The van der Waals surface area contributed by atoms with Crippen molar-refractivity contribution in [1.82, 2.24) is 14.8 Å². The SMILES string of the molecule is CC(C)(C)OC(=O)N1CCC(N2CCc3cccnc3C2=O)CC1. The third-order valence-corrected chi connectivity index (χ3v) is 4.53. The van der Waals surface area contributed by atoms with Gasteiger partial charge in [0.25, 0.3) is 5.91 Å². The first kappa shape index (κ1) is 16.7. The van der Waals surface area contributed by atoms with Gasteiger partial charge in [-0.05, 0) is 51.7 Å². The highest BCUT2D eigenvalue weighted by Crippen LogP contribution is 2.24. The van der Waals surface area contributed by atoms with Crippen LogP contribution in [0.2, 0.25) is 0 Å². The van der Waals surface area contributed by atoms with Gasteiger partial charge in [-0.1, -0.05) is 6.07 Å². The van der Waals surface area contributed by atoms with Crippen LogP contribution in [0.1, 0.15) is 49.7 Å². The van der Waals surface area contributed by atoms with E-state index in [1.165, 1.54) is 0 Å². The van der Waals surface area contributed by atoms with E-state index in [1.807, 2.05) is 37.8 Å². The molecule has 6 heteroatoms. The highest BCUT2D eigenvalue weighted by atomic mass is 16.6. The molecule has 0 spiro atoms. The molecule has 0 aliphatic carbocycles. The van der Waals surface area contributed by atoms with E-state index >= 15 is 0 Å². The smallest absolute Gasteiger partial charge is 0.410 e. The van der Waals surface area contributed by atoms with Gasteiger partial charge in [-0.2, -0.15) is 0 Å². The van der Waals surface area contributed by atoms with Crippen LogP contribution in [0.5, 0.6) is 0 Å². The third-order valence-electron chi connectivity index (χ3n) is 4.53. The number of rotatable bonds is 1. The Kier molecular flexibility index (Phi) is 4.47. The second-order valence-electron chi connectivity index (χ2n) is 7.46. The molecular weight excluding hydrogens is 306 g/mol. The van der Waals surface area contributed by atoms with E-state index < -0.39 is 5.60 Å². The molecule has 3 rings (SSSR count). The van der Waals surface area contributed by atoms with Crippen LogP contribution in [-0.2, 0) is 11.2 Å². The van der Waals surface area contributed by atoms with E-state index in [0.717, 1.165) is 31.4 Å². The van der Waals surface area contributed by atoms with Gasteiger partial charge in [-0.15, -0.1) is 0 Å². The van der Waals surface area contributed by atoms with Crippen molar-refractivity contribution >= 4 is 12.0 Å². The molecule has 1 saturated heterocycles. The first-order chi connectivity index (χ1) is 11.3. The van der Waals surface area contributed by atoms with Gasteiger partial charge in [0.15, 0.2) is 0 Å². The number of piperidine rings is 1. The minimum absolute atomic E-state index is 0.0209. The van der Waals surface area contributed by atoms with Crippen LogP contribution in [0.15, 0.2) is 18.3 Å². The summed E-state index contributed by atoms with van der Waals surface area (Å²) >= 11 is 0. The number of amides is 2. The molecule has 1 fully saturated rings. The molecule has 2 aliphatic rings. The summed E-state index contributed by atoms with van der Waals surface area (Å²) in [7, 11) is 0. The molecular formula is C18H25N3O3. The van der Waals surface area contributed by atoms with Gasteiger partial charge in [0.1, 0.15) is 11.3 Å². The average Bonchev–Trinajstić information content (AvgIpc) is 2.54. The molecule has 0 N–H and O–H groups in total. The second kappa shape index (κ2) is 6.42. The monoisotopic (exact) mass is 331 g/mol. The van der Waals surface area contributed by atoms with Gasteiger partial charge in [0.05, 0.1) is 0 Å².